The van der Waals surface area contributed by atoms with Crippen molar-refractivity contribution in [3.05, 3.63) is 125 Å². The van der Waals surface area contributed by atoms with Crippen LogP contribution in [0, 0.1) is 6.92 Å². The van der Waals surface area contributed by atoms with Gasteiger partial charge in [0.05, 0.1) is 22.3 Å². The molecule has 2 heterocycles. The maximum Gasteiger partial charge on any atom is 0.266 e. The number of fused-ring (bicyclic) bond motifs is 1. The van der Waals surface area contributed by atoms with Crippen LogP contribution >= 0.6 is 11.3 Å². The number of nitrogens with one attached hydrogen (secondary N) is 1. The van der Waals surface area contributed by atoms with Gasteiger partial charge in [0.15, 0.2) is 11.0 Å². The minimum Gasteiger partial charge on any atom is -0.332 e. The largest absolute Gasteiger partial charge is 0.332 e. The Morgan fingerprint density at radius 3 is 2.19 bits per heavy atom. The summed E-state index contributed by atoms with van der Waals surface area (Å²) in [7, 11) is 0. The number of benzene rings is 4. The van der Waals surface area contributed by atoms with Gasteiger partial charge in [-0.3, -0.25) is 9.36 Å². The Labute approximate surface area is 212 Å². The molecule has 36 heavy (non-hydrogen) atoms. The van der Waals surface area contributed by atoms with Crippen LogP contribution in [-0.4, -0.2) is 14.5 Å². The van der Waals surface area contributed by atoms with Crippen molar-refractivity contribution in [1.29, 1.82) is 0 Å². The van der Waals surface area contributed by atoms with Crippen molar-refractivity contribution in [2.75, 3.05) is 5.32 Å². The molecular weight excluding hydrogens is 464 g/mol. The van der Waals surface area contributed by atoms with E-state index in [2.05, 4.69) is 5.32 Å². The normalized spacial score (nSPS) is 11.0. The first kappa shape index (κ1) is 21.9. The highest BCUT2D eigenvalue weighted by Crippen LogP contribution is 2.40. The molecule has 0 saturated carbocycles. The molecule has 0 aliphatic carbocycles. The number of nitrogens with zero attached hydrogens (tertiary/aromatic N) is 3. The molecule has 6 heteroatoms. The van der Waals surface area contributed by atoms with Crippen LogP contribution in [0.1, 0.15) is 5.56 Å². The first-order valence-corrected chi connectivity index (χ1v) is 12.5. The topological polar surface area (TPSA) is 59.8 Å². The summed E-state index contributed by atoms with van der Waals surface area (Å²) in [5.41, 5.74) is 5.04. The molecule has 0 fully saturated rings. The molecule has 0 unspecified atom stereocenters. The van der Waals surface area contributed by atoms with Crippen molar-refractivity contribution >= 4 is 33.1 Å². The summed E-state index contributed by atoms with van der Waals surface area (Å²) in [6, 6.07) is 35.4. The van der Waals surface area contributed by atoms with E-state index in [1.807, 2.05) is 116 Å². The minimum absolute atomic E-state index is 0.102. The lowest BCUT2D eigenvalue weighted by molar-refractivity contribution is 0.968. The summed E-state index contributed by atoms with van der Waals surface area (Å²) in [6.07, 6.45) is 0. The van der Waals surface area contributed by atoms with E-state index in [-0.39, 0.29) is 5.56 Å². The lowest BCUT2D eigenvalue weighted by Crippen LogP contribution is -2.22. The van der Waals surface area contributed by atoms with Crippen molar-refractivity contribution in [2.24, 2.45) is 0 Å². The summed E-state index contributed by atoms with van der Waals surface area (Å²) in [5.74, 6) is 0.575. The van der Waals surface area contributed by atoms with Crippen molar-refractivity contribution in [1.82, 2.24) is 14.5 Å². The number of hydrogen-bond acceptors (Lipinski definition) is 5. The van der Waals surface area contributed by atoms with Crippen LogP contribution in [0.2, 0.25) is 0 Å². The van der Waals surface area contributed by atoms with Gasteiger partial charge < -0.3 is 5.32 Å². The third-order valence-electron chi connectivity index (χ3n) is 6.03. The molecule has 0 spiro atoms. The van der Waals surface area contributed by atoms with E-state index in [4.69, 9.17) is 9.97 Å². The smallest absolute Gasteiger partial charge is 0.266 e. The maximum absolute atomic E-state index is 13.9. The molecule has 0 aliphatic rings. The molecule has 0 radical (unpaired) electrons. The second-order valence-electron chi connectivity index (χ2n) is 8.43. The van der Waals surface area contributed by atoms with E-state index in [0.29, 0.717) is 16.7 Å². The Kier molecular flexibility index (Phi) is 5.64. The van der Waals surface area contributed by atoms with Crippen molar-refractivity contribution < 1.29 is 0 Å². The molecule has 4 aromatic carbocycles. The highest BCUT2D eigenvalue weighted by Gasteiger charge is 2.22. The SMILES string of the molecule is Cc1ccccc1-n1c(-c2sc(Nc3ccccc3)nc2-c2ccccc2)nc2ccccc2c1=O. The highest BCUT2D eigenvalue weighted by atomic mass is 32.1. The summed E-state index contributed by atoms with van der Waals surface area (Å²) >= 11 is 1.49. The number of aromatic nitrogens is 3. The van der Waals surface area contributed by atoms with Gasteiger partial charge in [-0.1, -0.05) is 90.2 Å². The molecule has 2 aromatic heterocycles. The van der Waals surface area contributed by atoms with E-state index in [9.17, 15) is 4.79 Å². The lowest BCUT2D eigenvalue weighted by atomic mass is 10.1. The van der Waals surface area contributed by atoms with Gasteiger partial charge >= 0.3 is 0 Å². The van der Waals surface area contributed by atoms with Crippen molar-refractivity contribution in [2.45, 2.75) is 6.92 Å². The zero-order valence-corrected chi connectivity index (χ0v) is 20.4. The number of thiazole rings is 1. The Morgan fingerprint density at radius 2 is 1.42 bits per heavy atom. The number of hydrogen-bond donors (Lipinski definition) is 1. The number of para-hydroxylation sites is 3. The third kappa shape index (κ3) is 3.97. The van der Waals surface area contributed by atoms with Crippen LogP contribution in [0.4, 0.5) is 10.8 Å². The molecule has 0 bridgehead atoms. The van der Waals surface area contributed by atoms with Crippen LogP contribution in [0.5, 0.6) is 0 Å². The predicted octanol–water partition coefficient (Wildman–Crippen LogP) is 7.23. The lowest BCUT2D eigenvalue weighted by Gasteiger charge is -2.15. The van der Waals surface area contributed by atoms with Crippen LogP contribution < -0.4 is 10.9 Å². The molecule has 0 atom stereocenters. The molecule has 1 N–H and O–H groups in total. The van der Waals surface area contributed by atoms with Gasteiger partial charge in [-0.05, 0) is 42.8 Å². The van der Waals surface area contributed by atoms with E-state index in [0.717, 1.165) is 38.2 Å². The summed E-state index contributed by atoms with van der Waals surface area (Å²) < 4.78 is 1.73. The van der Waals surface area contributed by atoms with Crippen LogP contribution in [0.15, 0.2) is 114 Å². The first-order valence-electron chi connectivity index (χ1n) is 11.7. The molecule has 0 saturated heterocycles. The fourth-order valence-electron chi connectivity index (χ4n) is 4.28. The Hall–Kier alpha value is -4.55. The average molecular weight is 487 g/mol. The fourth-order valence-corrected chi connectivity index (χ4v) is 5.27. The van der Waals surface area contributed by atoms with E-state index >= 15 is 0 Å². The second kappa shape index (κ2) is 9.24. The Morgan fingerprint density at radius 1 is 0.750 bits per heavy atom. The van der Waals surface area contributed by atoms with Crippen LogP contribution in [0.3, 0.4) is 0 Å². The van der Waals surface area contributed by atoms with Crippen LogP contribution in [-0.2, 0) is 0 Å². The monoisotopic (exact) mass is 486 g/mol. The van der Waals surface area contributed by atoms with Gasteiger partial charge in [0, 0.05) is 11.3 Å². The number of aryl methyl sites for hydroxylation is 1. The fraction of sp³-hybridized carbons (Fsp3) is 0.0333. The van der Waals surface area contributed by atoms with Gasteiger partial charge in [-0.25, -0.2) is 9.97 Å². The predicted molar refractivity (Wildman–Crippen MR) is 148 cm³/mol. The minimum atomic E-state index is -0.102. The highest BCUT2D eigenvalue weighted by molar-refractivity contribution is 7.19. The number of anilines is 2. The van der Waals surface area contributed by atoms with Gasteiger partial charge in [-0.2, -0.15) is 0 Å². The van der Waals surface area contributed by atoms with Crippen molar-refractivity contribution in [3.8, 4) is 27.6 Å². The van der Waals surface area contributed by atoms with Gasteiger partial charge in [-0.15, -0.1) is 0 Å². The summed E-state index contributed by atoms with van der Waals surface area (Å²) in [5, 5.41) is 4.73. The molecule has 0 aliphatic heterocycles. The molecule has 5 nitrogen and oxygen atoms in total. The molecule has 174 valence electrons. The van der Waals surface area contributed by atoms with Gasteiger partial charge in [0.25, 0.3) is 5.56 Å². The first-order chi connectivity index (χ1) is 17.7. The molecule has 0 amide bonds. The van der Waals surface area contributed by atoms with E-state index in [1.54, 1.807) is 4.57 Å². The van der Waals surface area contributed by atoms with Gasteiger partial charge in [0.1, 0.15) is 4.88 Å². The van der Waals surface area contributed by atoms with E-state index in [1.165, 1.54) is 11.3 Å². The molecule has 6 rings (SSSR count). The Bertz CT molecular complexity index is 1740. The molecular formula is C30H22N4OS. The van der Waals surface area contributed by atoms with Crippen LogP contribution in [0.25, 0.3) is 38.5 Å². The molecule has 6 aromatic rings. The third-order valence-corrected chi connectivity index (χ3v) is 7.00. The second-order valence-corrected chi connectivity index (χ2v) is 9.43. The average Bonchev–Trinajstić information content (AvgIpc) is 3.34. The quantitative estimate of drug-likeness (QED) is 0.279. The Balaban J connectivity index is 1.65. The zero-order valence-electron chi connectivity index (χ0n) is 19.6. The summed E-state index contributed by atoms with van der Waals surface area (Å²) in [6.45, 7) is 2.01. The van der Waals surface area contributed by atoms with Crippen molar-refractivity contribution in [3.63, 3.8) is 0 Å². The zero-order chi connectivity index (χ0) is 24.5. The number of rotatable bonds is 5. The van der Waals surface area contributed by atoms with Gasteiger partial charge in [0.2, 0.25) is 0 Å². The summed E-state index contributed by atoms with van der Waals surface area (Å²) in [4.78, 5) is 24.7. The standard InChI is InChI=1S/C30H22N4OS/c1-20-12-8-11-19-25(20)34-28(32-24-18-10-9-17-23(24)29(34)35)27-26(21-13-4-2-5-14-21)33-30(36-27)31-22-15-6-3-7-16-22/h2-19H,1H3,(H,31,33). The van der Waals surface area contributed by atoms with E-state index < -0.39 is 0 Å². The maximum atomic E-state index is 13.9.